The molecule has 0 radical (unpaired) electrons. The molecule has 0 bridgehead atoms. The van der Waals surface area contributed by atoms with Crippen molar-refractivity contribution in [3.63, 3.8) is 0 Å². The van der Waals surface area contributed by atoms with Gasteiger partial charge in [-0.3, -0.25) is 4.99 Å². The number of ether oxygens (including phenoxy) is 1. The average Bonchev–Trinajstić information content (AvgIpc) is 3.00. The van der Waals surface area contributed by atoms with E-state index in [1.54, 1.807) is 18.4 Å². The van der Waals surface area contributed by atoms with Gasteiger partial charge in [-0.15, -0.1) is 11.3 Å². The quantitative estimate of drug-likeness (QED) is 0.903. The summed E-state index contributed by atoms with van der Waals surface area (Å²) in [5.41, 5.74) is 1.45. The first-order chi connectivity index (χ1) is 11.5. The first-order valence-electron chi connectivity index (χ1n) is 8.45. The fraction of sp³-hybridized carbons (Fsp3) is 0.474. The number of benzene rings is 1. The number of nitrogens with zero attached hydrogens (tertiary/aromatic N) is 2. The molecular weight excluding hydrogens is 318 g/mol. The van der Waals surface area contributed by atoms with Crippen LogP contribution < -0.4 is 20.6 Å². The normalized spacial score (nSPS) is 17.0. The standard InChI is InChI=1S/C19H25N3OS/c1-11(2)15-9-17(19-22-18(10-24-19)20-12(3)4)21-16-8-13(23-5)6-7-14(15)16/h6-8,10-12,17,20H,9H2,1-5H3. The molecule has 4 nitrogen and oxygen atoms in total. The minimum Gasteiger partial charge on any atom is -0.497 e. The summed E-state index contributed by atoms with van der Waals surface area (Å²) in [6.07, 6.45) is 0.936. The van der Waals surface area contributed by atoms with Crippen LogP contribution in [0.4, 0.5) is 5.82 Å². The topological polar surface area (TPSA) is 46.5 Å². The molecule has 0 aliphatic carbocycles. The zero-order valence-electron chi connectivity index (χ0n) is 15.0. The fourth-order valence-corrected chi connectivity index (χ4v) is 3.84. The van der Waals surface area contributed by atoms with Gasteiger partial charge in [-0.25, -0.2) is 4.98 Å². The molecule has 24 heavy (non-hydrogen) atoms. The van der Waals surface area contributed by atoms with Crippen molar-refractivity contribution in [2.24, 2.45) is 10.9 Å². The molecule has 2 aromatic rings. The van der Waals surface area contributed by atoms with Crippen molar-refractivity contribution in [2.45, 2.75) is 46.2 Å². The highest BCUT2D eigenvalue weighted by atomic mass is 32.1. The number of thiazole rings is 1. The number of hydrogen-bond donors (Lipinski definition) is 1. The Kier molecular flexibility index (Phi) is 4.90. The maximum Gasteiger partial charge on any atom is 0.137 e. The van der Waals surface area contributed by atoms with E-state index in [1.165, 1.54) is 10.8 Å². The fourth-order valence-electron chi connectivity index (χ4n) is 3.04. The van der Waals surface area contributed by atoms with E-state index in [9.17, 15) is 0 Å². The lowest BCUT2D eigenvalue weighted by molar-refractivity contribution is 0.413. The Morgan fingerprint density at radius 3 is 2.71 bits per heavy atom. The van der Waals surface area contributed by atoms with Crippen LogP contribution in [0.5, 0.6) is 5.75 Å². The summed E-state index contributed by atoms with van der Waals surface area (Å²) in [7, 11) is 1.69. The molecule has 128 valence electrons. The van der Waals surface area contributed by atoms with Crippen molar-refractivity contribution in [1.29, 1.82) is 0 Å². The van der Waals surface area contributed by atoms with Crippen molar-refractivity contribution < 1.29 is 4.74 Å². The predicted molar refractivity (Wildman–Crippen MR) is 100 cm³/mol. The summed E-state index contributed by atoms with van der Waals surface area (Å²) in [6.45, 7) is 8.74. The number of nitrogens with one attached hydrogen (secondary N) is 1. The molecule has 1 unspecified atom stereocenters. The molecule has 1 atom stereocenters. The van der Waals surface area contributed by atoms with Gasteiger partial charge >= 0.3 is 0 Å². The Labute approximate surface area is 147 Å². The Hall–Kier alpha value is -1.88. The van der Waals surface area contributed by atoms with Gasteiger partial charge in [0.2, 0.25) is 0 Å². The number of methoxy groups -OCH3 is 1. The van der Waals surface area contributed by atoms with Crippen molar-refractivity contribution in [2.75, 3.05) is 12.4 Å². The van der Waals surface area contributed by atoms with E-state index in [0.717, 1.165) is 28.4 Å². The van der Waals surface area contributed by atoms with Gasteiger partial charge in [-0.1, -0.05) is 19.4 Å². The monoisotopic (exact) mass is 343 g/mol. The Morgan fingerprint density at radius 1 is 1.25 bits per heavy atom. The third kappa shape index (κ3) is 3.46. The van der Waals surface area contributed by atoms with Gasteiger partial charge in [-0.05, 0) is 43.5 Å². The maximum absolute atomic E-state index is 5.37. The summed E-state index contributed by atoms with van der Waals surface area (Å²) in [5, 5.41) is 8.79. The summed E-state index contributed by atoms with van der Waals surface area (Å²) >= 11 is 1.68. The lowest BCUT2D eigenvalue weighted by atomic mass is 9.92. The Balaban J connectivity index is 2.03. The van der Waals surface area contributed by atoms with E-state index in [0.29, 0.717) is 12.0 Å². The highest BCUT2D eigenvalue weighted by molar-refractivity contribution is 7.10. The minimum atomic E-state index is 0.0923. The Bertz CT molecular complexity index is 839. The van der Waals surface area contributed by atoms with Gasteiger partial charge in [0.1, 0.15) is 22.6 Å². The van der Waals surface area contributed by atoms with Crippen LogP contribution in [0.1, 0.15) is 45.2 Å². The predicted octanol–water partition coefficient (Wildman–Crippen LogP) is 3.54. The molecule has 0 saturated heterocycles. The largest absolute Gasteiger partial charge is 0.497 e. The molecule has 1 aliphatic heterocycles. The molecular formula is C19H25N3OS. The summed E-state index contributed by atoms with van der Waals surface area (Å²) < 4.78 is 5.37. The lowest BCUT2D eigenvalue weighted by Crippen LogP contribution is -2.33. The SMILES string of the molecule is COc1ccc2c(c1)=NC(c1nc(NC(C)C)cs1)CC=2C(C)C. The number of anilines is 1. The van der Waals surface area contributed by atoms with Gasteiger partial charge in [0.05, 0.1) is 12.5 Å². The van der Waals surface area contributed by atoms with E-state index in [-0.39, 0.29) is 6.04 Å². The maximum atomic E-state index is 5.37. The Morgan fingerprint density at radius 2 is 2.04 bits per heavy atom. The molecule has 2 heterocycles. The number of fused-ring (bicyclic) bond motifs is 1. The van der Waals surface area contributed by atoms with Crippen LogP contribution in [0.25, 0.3) is 5.57 Å². The van der Waals surface area contributed by atoms with Gasteiger partial charge in [0, 0.05) is 17.5 Å². The van der Waals surface area contributed by atoms with Crippen LogP contribution in [0.15, 0.2) is 28.6 Å². The number of aromatic nitrogens is 1. The molecule has 5 heteroatoms. The number of hydrogen-bond acceptors (Lipinski definition) is 5. The molecule has 3 rings (SSSR count). The molecule has 1 aromatic carbocycles. The second-order valence-corrected chi connectivity index (χ2v) is 7.67. The van der Waals surface area contributed by atoms with E-state index >= 15 is 0 Å². The van der Waals surface area contributed by atoms with Crippen molar-refractivity contribution in [3.05, 3.63) is 39.2 Å². The van der Waals surface area contributed by atoms with Crippen LogP contribution in [0, 0.1) is 5.92 Å². The van der Waals surface area contributed by atoms with Crippen molar-refractivity contribution >= 4 is 22.7 Å². The van der Waals surface area contributed by atoms with Gasteiger partial charge in [0.15, 0.2) is 0 Å². The molecule has 1 aromatic heterocycles. The lowest BCUT2D eigenvalue weighted by Gasteiger charge is -2.20. The van der Waals surface area contributed by atoms with Gasteiger partial charge in [0.25, 0.3) is 0 Å². The van der Waals surface area contributed by atoms with Crippen molar-refractivity contribution in [3.8, 4) is 5.75 Å². The third-order valence-electron chi connectivity index (χ3n) is 4.20. The minimum absolute atomic E-state index is 0.0923. The van der Waals surface area contributed by atoms with E-state index < -0.39 is 0 Å². The highest BCUT2D eigenvalue weighted by Gasteiger charge is 2.22. The second kappa shape index (κ2) is 6.93. The molecule has 1 aliphatic rings. The molecule has 0 amide bonds. The van der Waals surface area contributed by atoms with Gasteiger partial charge in [-0.2, -0.15) is 0 Å². The first-order valence-corrected chi connectivity index (χ1v) is 9.32. The van der Waals surface area contributed by atoms with Crippen LogP contribution in [-0.2, 0) is 0 Å². The smallest absolute Gasteiger partial charge is 0.137 e. The van der Waals surface area contributed by atoms with Crippen LogP contribution >= 0.6 is 11.3 Å². The van der Waals surface area contributed by atoms with Gasteiger partial charge < -0.3 is 10.1 Å². The number of rotatable bonds is 5. The highest BCUT2D eigenvalue weighted by Crippen LogP contribution is 2.32. The van der Waals surface area contributed by atoms with Crippen molar-refractivity contribution in [1.82, 2.24) is 4.98 Å². The second-order valence-electron chi connectivity index (χ2n) is 6.78. The average molecular weight is 343 g/mol. The summed E-state index contributed by atoms with van der Waals surface area (Å²) in [4.78, 5) is 9.72. The first kappa shape index (κ1) is 17.0. The zero-order valence-corrected chi connectivity index (χ0v) is 15.8. The molecule has 1 N–H and O–H groups in total. The van der Waals surface area contributed by atoms with E-state index in [2.05, 4.69) is 44.5 Å². The van der Waals surface area contributed by atoms with Crippen LogP contribution in [0.3, 0.4) is 0 Å². The van der Waals surface area contributed by atoms with Crippen LogP contribution in [-0.4, -0.2) is 18.1 Å². The molecule has 0 saturated carbocycles. The summed E-state index contributed by atoms with van der Waals surface area (Å²) in [5.74, 6) is 2.29. The zero-order chi connectivity index (χ0) is 17.3. The molecule has 0 fully saturated rings. The summed E-state index contributed by atoms with van der Waals surface area (Å²) in [6, 6.07) is 6.66. The molecule has 0 spiro atoms. The van der Waals surface area contributed by atoms with E-state index in [4.69, 9.17) is 14.7 Å². The van der Waals surface area contributed by atoms with E-state index in [1.807, 2.05) is 12.1 Å². The third-order valence-corrected chi connectivity index (χ3v) is 5.15. The van der Waals surface area contributed by atoms with Crippen LogP contribution in [0.2, 0.25) is 0 Å².